The Morgan fingerprint density at radius 2 is 2.13 bits per heavy atom. The SMILES string of the molecule is N#Cc1cnn2c(-c3cc(N)c(C4=CNNN4)cn3)ccc2c1. The van der Waals surface area contributed by atoms with Crippen LogP contribution >= 0.6 is 0 Å². The predicted molar refractivity (Wildman–Crippen MR) is 84.9 cm³/mol. The number of nitrogens with one attached hydrogen (secondary N) is 3. The van der Waals surface area contributed by atoms with E-state index in [1.807, 2.05) is 12.1 Å². The van der Waals surface area contributed by atoms with Gasteiger partial charge in [0.05, 0.1) is 34.4 Å². The van der Waals surface area contributed by atoms with Gasteiger partial charge < -0.3 is 16.6 Å². The van der Waals surface area contributed by atoms with E-state index in [4.69, 9.17) is 11.0 Å². The summed E-state index contributed by atoms with van der Waals surface area (Å²) in [5.74, 6) is 0. The van der Waals surface area contributed by atoms with Gasteiger partial charge in [0.15, 0.2) is 0 Å². The van der Waals surface area contributed by atoms with Crippen molar-refractivity contribution in [3.05, 3.63) is 54.0 Å². The minimum atomic E-state index is 0.518. The molecule has 0 bridgehead atoms. The predicted octanol–water partition coefficient (Wildman–Crippen LogP) is 0.761. The lowest BCUT2D eigenvalue weighted by Gasteiger charge is -2.08. The first-order chi connectivity index (χ1) is 11.3. The molecule has 0 aromatic carbocycles. The normalized spacial score (nSPS) is 13.3. The number of fused-ring (bicyclic) bond motifs is 1. The molecule has 0 unspecified atom stereocenters. The van der Waals surface area contributed by atoms with Gasteiger partial charge in [-0.15, -0.1) is 0 Å². The van der Waals surface area contributed by atoms with Gasteiger partial charge >= 0.3 is 0 Å². The first kappa shape index (κ1) is 13.1. The molecule has 5 N–H and O–H groups in total. The van der Waals surface area contributed by atoms with Crippen molar-refractivity contribution in [3.63, 3.8) is 0 Å². The lowest BCUT2D eigenvalue weighted by molar-refractivity contribution is 0.620. The fraction of sp³-hybridized carbons (Fsp3) is 0. The number of rotatable bonds is 2. The molecule has 23 heavy (non-hydrogen) atoms. The Bertz CT molecular complexity index is 979. The molecule has 0 fully saturated rings. The summed E-state index contributed by atoms with van der Waals surface area (Å²) >= 11 is 0. The number of nitrogen functional groups attached to an aromatic ring is 1. The number of nitrogens with two attached hydrogens (primary N) is 1. The average Bonchev–Trinajstić information content (AvgIpc) is 3.23. The van der Waals surface area contributed by atoms with E-state index in [0.29, 0.717) is 16.9 Å². The van der Waals surface area contributed by atoms with E-state index < -0.39 is 0 Å². The lowest BCUT2D eigenvalue weighted by Crippen LogP contribution is -2.31. The molecule has 0 atom stereocenters. The van der Waals surface area contributed by atoms with Crippen molar-refractivity contribution >= 4 is 16.9 Å². The maximum absolute atomic E-state index is 8.94. The highest BCUT2D eigenvalue weighted by Crippen LogP contribution is 2.26. The lowest BCUT2D eigenvalue weighted by atomic mass is 10.1. The minimum Gasteiger partial charge on any atom is -0.398 e. The van der Waals surface area contributed by atoms with Crippen molar-refractivity contribution in [2.75, 3.05) is 5.73 Å². The fourth-order valence-corrected chi connectivity index (χ4v) is 2.48. The molecule has 4 rings (SSSR count). The monoisotopic (exact) mass is 304 g/mol. The van der Waals surface area contributed by atoms with Gasteiger partial charge in [-0.05, 0) is 24.3 Å². The van der Waals surface area contributed by atoms with Crippen LogP contribution in [0.1, 0.15) is 11.1 Å². The number of nitriles is 1. The maximum Gasteiger partial charge on any atom is 0.101 e. The van der Waals surface area contributed by atoms with Gasteiger partial charge in [-0.1, -0.05) is 0 Å². The van der Waals surface area contributed by atoms with Gasteiger partial charge in [-0.3, -0.25) is 4.98 Å². The van der Waals surface area contributed by atoms with Crippen LogP contribution in [0.25, 0.3) is 22.6 Å². The average molecular weight is 304 g/mol. The Kier molecular flexibility index (Phi) is 2.86. The molecular formula is C15H12N8. The van der Waals surface area contributed by atoms with Crippen LogP contribution in [0, 0.1) is 11.3 Å². The van der Waals surface area contributed by atoms with Crippen molar-refractivity contribution in [2.24, 2.45) is 0 Å². The van der Waals surface area contributed by atoms with E-state index in [-0.39, 0.29) is 0 Å². The summed E-state index contributed by atoms with van der Waals surface area (Å²) in [4.78, 5) is 4.48. The van der Waals surface area contributed by atoms with Crippen molar-refractivity contribution in [1.29, 1.82) is 5.26 Å². The molecule has 0 spiro atoms. The number of hydrazine groups is 2. The Morgan fingerprint density at radius 1 is 1.22 bits per heavy atom. The van der Waals surface area contributed by atoms with Gasteiger partial charge in [-0.2, -0.15) is 15.9 Å². The Labute approximate surface area is 131 Å². The van der Waals surface area contributed by atoms with Crippen LogP contribution < -0.4 is 22.1 Å². The topological polar surface area (TPSA) is 116 Å². The third-order valence-corrected chi connectivity index (χ3v) is 3.60. The molecule has 3 aromatic rings. The van der Waals surface area contributed by atoms with Gasteiger partial charge in [0.25, 0.3) is 0 Å². The number of hydrogen-bond acceptors (Lipinski definition) is 7. The zero-order valence-electron chi connectivity index (χ0n) is 11.9. The first-order valence-electron chi connectivity index (χ1n) is 6.87. The number of anilines is 1. The second-order valence-electron chi connectivity index (χ2n) is 5.02. The van der Waals surface area contributed by atoms with E-state index in [1.54, 1.807) is 29.0 Å². The molecule has 0 aliphatic carbocycles. The standard InChI is InChI=1S/C15H12N8/c16-5-9-3-10-1-2-15(23(10)20-6-9)13-4-12(17)11(7-18-13)14-8-19-22-21-14/h1-4,6-8,19,21-22H,(H2,17,18). The third kappa shape index (κ3) is 2.12. The first-order valence-corrected chi connectivity index (χ1v) is 6.87. The second kappa shape index (κ2) is 5.01. The molecule has 1 aliphatic heterocycles. The Morgan fingerprint density at radius 3 is 2.87 bits per heavy atom. The summed E-state index contributed by atoms with van der Waals surface area (Å²) in [5, 5.41) is 13.2. The molecule has 8 nitrogen and oxygen atoms in total. The van der Waals surface area contributed by atoms with Gasteiger partial charge in [-0.25, -0.2) is 4.52 Å². The quantitative estimate of drug-likeness (QED) is 0.552. The largest absolute Gasteiger partial charge is 0.398 e. The molecule has 4 heterocycles. The van der Waals surface area contributed by atoms with Gasteiger partial charge in [0.2, 0.25) is 0 Å². The van der Waals surface area contributed by atoms with E-state index in [2.05, 4.69) is 32.5 Å². The number of pyridine rings is 1. The molecular weight excluding hydrogens is 292 g/mol. The Balaban J connectivity index is 1.79. The summed E-state index contributed by atoms with van der Waals surface area (Å²) in [6.07, 6.45) is 5.00. The summed E-state index contributed by atoms with van der Waals surface area (Å²) in [6.45, 7) is 0. The van der Waals surface area contributed by atoms with Crippen molar-refractivity contribution in [2.45, 2.75) is 0 Å². The van der Waals surface area contributed by atoms with Gasteiger partial charge in [0, 0.05) is 23.6 Å². The van der Waals surface area contributed by atoms with E-state index in [1.165, 1.54) is 6.20 Å². The van der Waals surface area contributed by atoms with Crippen LogP contribution in [-0.4, -0.2) is 14.6 Å². The molecule has 0 radical (unpaired) electrons. The summed E-state index contributed by atoms with van der Waals surface area (Å²) < 4.78 is 1.73. The van der Waals surface area contributed by atoms with Crippen molar-refractivity contribution in [3.8, 4) is 17.5 Å². The third-order valence-electron chi connectivity index (χ3n) is 3.60. The van der Waals surface area contributed by atoms with Crippen LogP contribution in [0.2, 0.25) is 0 Å². The smallest absolute Gasteiger partial charge is 0.101 e. The highest BCUT2D eigenvalue weighted by molar-refractivity contribution is 5.77. The summed E-state index contributed by atoms with van der Waals surface area (Å²) in [6, 6.07) is 9.46. The summed E-state index contributed by atoms with van der Waals surface area (Å²) in [7, 11) is 0. The number of aromatic nitrogens is 3. The minimum absolute atomic E-state index is 0.518. The molecule has 0 saturated heterocycles. The molecule has 0 amide bonds. The van der Waals surface area contributed by atoms with E-state index in [9.17, 15) is 0 Å². The van der Waals surface area contributed by atoms with E-state index in [0.717, 1.165) is 22.5 Å². The van der Waals surface area contributed by atoms with E-state index >= 15 is 0 Å². The van der Waals surface area contributed by atoms with Gasteiger partial charge in [0.1, 0.15) is 6.07 Å². The maximum atomic E-state index is 8.94. The number of hydrogen-bond donors (Lipinski definition) is 4. The van der Waals surface area contributed by atoms with Crippen molar-refractivity contribution < 1.29 is 0 Å². The summed E-state index contributed by atoms with van der Waals surface area (Å²) in [5.41, 5.74) is 19.8. The zero-order valence-corrected chi connectivity index (χ0v) is 11.9. The Hall–Kier alpha value is -3.57. The molecule has 0 saturated carbocycles. The van der Waals surface area contributed by atoms with Crippen LogP contribution in [0.3, 0.4) is 0 Å². The molecule has 8 heteroatoms. The van der Waals surface area contributed by atoms with Crippen LogP contribution in [0.5, 0.6) is 0 Å². The molecule has 1 aliphatic rings. The van der Waals surface area contributed by atoms with Crippen molar-refractivity contribution in [1.82, 2.24) is 31.0 Å². The fourth-order valence-electron chi connectivity index (χ4n) is 2.48. The molecule has 112 valence electrons. The highest BCUT2D eigenvalue weighted by atomic mass is 15.6. The highest BCUT2D eigenvalue weighted by Gasteiger charge is 2.13. The van der Waals surface area contributed by atoms with Crippen LogP contribution in [0.4, 0.5) is 5.69 Å². The van der Waals surface area contributed by atoms with Crippen LogP contribution in [0.15, 0.2) is 42.9 Å². The second-order valence-corrected chi connectivity index (χ2v) is 5.02. The number of nitrogens with zero attached hydrogens (tertiary/aromatic N) is 4. The zero-order chi connectivity index (χ0) is 15.8. The van der Waals surface area contributed by atoms with Crippen LogP contribution in [-0.2, 0) is 0 Å². The molecule has 3 aromatic heterocycles.